The van der Waals surface area contributed by atoms with Crippen LogP contribution < -0.4 is 0 Å². The Hall–Kier alpha value is -3.73. The summed E-state index contributed by atoms with van der Waals surface area (Å²) in [6, 6.07) is 16.9. The van der Waals surface area contributed by atoms with Gasteiger partial charge in [0.05, 0.1) is 37.8 Å². The van der Waals surface area contributed by atoms with Crippen molar-refractivity contribution in [1.82, 2.24) is 24.6 Å². The molecular formula is C28H33N5. The van der Waals surface area contributed by atoms with Gasteiger partial charge in [0, 0.05) is 37.9 Å². The van der Waals surface area contributed by atoms with E-state index in [4.69, 9.17) is 4.98 Å². The van der Waals surface area contributed by atoms with Crippen LogP contribution in [0.15, 0.2) is 110 Å². The summed E-state index contributed by atoms with van der Waals surface area (Å²) < 4.78 is 0. The van der Waals surface area contributed by atoms with Gasteiger partial charge in [-0.2, -0.15) is 0 Å². The fourth-order valence-corrected chi connectivity index (χ4v) is 4.02. The predicted molar refractivity (Wildman–Crippen MR) is 135 cm³/mol. The highest BCUT2D eigenvalue weighted by Crippen LogP contribution is 2.16. The molecule has 2 aliphatic heterocycles. The molecule has 2 aliphatic rings. The predicted octanol–water partition coefficient (Wildman–Crippen LogP) is 5.06. The van der Waals surface area contributed by atoms with Crippen molar-refractivity contribution in [3.63, 3.8) is 0 Å². The Labute approximate surface area is 197 Å². The van der Waals surface area contributed by atoms with Crippen LogP contribution in [0.2, 0.25) is 0 Å². The van der Waals surface area contributed by atoms with Crippen molar-refractivity contribution in [3.8, 4) is 0 Å². The lowest BCUT2D eigenvalue weighted by molar-refractivity contribution is 0.252. The third-order valence-electron chi connectivity index (χ3n) is 5.68. The highest BCUT2D eigenvalue weighted by atomic mass is 15.3. The molecule has 170 valence electrons. The number of hydrogen-bond donors (Lipinski definition) is 0. The Kier molecular flexibility index (Phi) is 7.64. The Morgan fingerprint density at radius 3 is 2.06 bits per heavy atom. The van der Waals surface area contributed by atoms with Gasteiger partial charge in [0.2, 0.25) is 0 Å². The van der Waals surface area contributed by atoms with Gasteiger partial charge in [-0.25, -0.2) is 0 Å². The molecule has 1 aromatic carbocycles. The van der Waals surface area contributed by atoms with Gasteiger partial charge in [-0.05, 0) is 30.2 Å². The average molecular weight is 440 g/mol. The number of hydrogen-bond acceptors (Lipinski definition) is 5. The van der Waals surface area contributed by atoms with Gasteiger partial charge in [-0.15, -0.1) is 0 Å². The molecule has 0 fully saturated rings. The van der Waals surface area contributed by atoms with Crippen molar-refractivity contribution in [2.75, 3.05) is 19.9 Å². The zero-order valence-electron chi connectivity index (χ0n) is 19.4. The summed E-state index contributed by atoms with van der Waals surface area (Å²) in [6.45, 7) is 11.1. The van der Waals surface area contributed by atoms with E-state index in [2.05, 4.69) is 112 Å². The summed E-state index contributed by atoms with van der Waals surface area (Å²) in [5.41, 5.74) is 4.73. The van der Waals surface area contributed by atoms with E-state index in [0.29, 0.717) is 0 Å². The van der Waals surface area contributed by atoms with Gasteiger partial charge in [0.1, 0.15) is 0 Å². The lowest BCUT2D eigenvalue weighted by atomic mass is 10.2. The fourth-order valence-electron chi connectivity index (χ4n) is 4.02. The van der Waals surface area contributed by atoms with Crippen LogP contribution in [0.1, 0.15) is 23.9 Å². The van der Waals surface area contributed by atoms with E-state index in [0.717, 1.165) is 50.9 Å². The molecule has 0 saturated carbocycles. The molecule has 33 heavy (non-hydrogen) atoms. The SMILES string of the molecule is C=C/C(=C\C=C/C)CN1C=CN(Cc2cccc(CN3C=CN(Cc4ccccc4)C3)n2)C1. The zero-order valence-corrected chi connectivity index (χ0v) is 19.4. The Balaban J connectivity index is 1.26. The van der Waals surface area contributed by atoms with Gasteiger partial charge < -0.3 is 19.6 Å². The largest absolute Gasteiger partial charge is 0.354 e. The van der Waals surface area contributed by atoms with Gasteiger partial charge >= 0.3 is 0 Å². The number of rotatable bonds is 10. The van der Waals surface area contributed by atoms with Crippen LogP contribution in [0.4, 0.5) is 0 Å². The highest BCUT2D eigenvalue weighted by Gasteiger charge is 2.16. The molecule has 0 bridgehead atoms. The fraction of sp³-hybridized carbons (Fsp3) is 0.250. The van der Waals surface area contributed by atoms with E-state index >= 15 is 0 Å². The number of benzene rings is 1. The third-order valence-corrected chi connectivity index (χ3v) is 5.68. The van der Waals surface area contributed by atoms with Gasteiger partial charge in [0.15, 0.2) is 0 Å². The topological polar surface area (TPSA) is 25.9 Å². The first-order chi connectivity index (χ1) is 16.2. The van der Waals surface area contributed by atoms with Gasteiger partial charge in [-0.1, -0.05) is 67.3 Å². The number of aromatic nitrogens is 1. The maximum atomic E-state index is 4.93. The van der Waals surface area contributed by atoms with Gasteiger partial charge in [-0.3, -0.25) is 4.98 Å². The number of nitrogens with zero attached hydrogens (tertiary/aromatic N) is 5. The van der Waals surface area contributed by atoms with Crippen LogP contribution >= 0.6 is 0 Å². The second-order valence-electron chi connectivity index (χ2n) is 8.44. The zero-order chi connectivity index (χ0) is 22.9. The second-order valence-corrected chi connectivity index (χ2v) is 8.44. The lowest BCUT2D eigenvalue weighted by Crippen LogP contribution is -2.27. The van der Waals surface area contributed by atoms with Crippen LogP contribution in [0.25, 0.3) is 0 Å². The lowest BCUT2D eigenvalue weighted by Gasteiger charge is -2.22. The first kappa shape index (κ1) is 22.5. The van der Waals surface area contributed by atoms with Crippen LogP contribution in [0.3, 0.4) is 0 Å². The van der Waals surface area contributed by atoms with E-state index in [9.17, 15) is 0 Å². The quantitative estimate of drug-likeness (QED) is 0.482. The first-order valence-corrected chi connectivity index (χ1v) is 11.5. The summed E-state index contributed by atoms with van der Waals surface area (Å²) in [6.07, 6.45) is 16.8. The highest BCUT2D eigenvalue weighted by molar-refractivity contribution is 5.24. The molecule has 0 radical (unpaired) electrons. The minimum atomic E-state index is 0.804. The maximum absolute atomic E-state index is 4.93. The smallest absolute Gasteiger partial charge is 0.0901 e. The molecule has 5 heteroatoms. The molecule has 3 heterocycles. The summed E-state index contributed by atoms with van der Waals surface area (Å²) in [7, 11) is 0. The van der Waals surface area contributed by atoms with Crippen LogP contribution in [-0.4, -0.2) is 44.5 Å². The van der Waals surface area contributed by atoms with Crippen molar-refractivity contribution >= 4 is 0 Å². The van der Waals surface area contributed by atoms with Crippen LogP contribution in [0, 0.1) is 0 Å². The van der Waals surface area contributed by atoms with E-state index in [1.54, 1.807) is 0 Å². The summed E-state index contributed by atoms with van der Waals surface area (Å²) >= 11 is 0. The summed E-state index contributed by atoms with van der Waals surface area (Å²) in [4.78, 5) is 14.1. The maximum Gasteiger partial charge on any atom is 0.0901 e. The van der Waals surface area contributed by atoms with Gasteiger partial charge in [0.25, 0.3) is 0 Å². The Morgan fingerprint density at radius 1 is 0.818 bits per heavy atom. The van der Waals surface area contributed by atoms with E-state index in [1.165, 1.54) is 11.1 Å². The van der Waals surface area contributed by atoms with Crippen LogP contribution in [0.5, 0.6) is 0 Å². The van der Waals surface area contributed by atoms with Crippen molar-refractivity contribution in [2.24, 2.45) is 0 Å². The molecule has 0 saturated heterocycles. The van der Waals surface area contributed by atoms with Crippen molar-refractivity contribution < 1.29 is 0 Å². The molecule has 4 rings (SSSR count). The Morgan fingerprint density at radius 2 is 1.42 bits per heavy atom. The molecule has 1 aromatic heterocycles. The third kappa shape index (κ3) is 6.62. The second kappa shape index (κ2) is 11.2. The monoisotopic (exact) mass is 439 g/mol. The molecule has 2 aromatic rings. The molecule has 0 N–H and O–H groups in total. The number of allylic oxidation sites excluding steroid dienone is 3. The normalized spacial score (nSPS) is 16.0. The van der Waals surface area contributed by atoms with Crippen molar-refractivity contribution in [3.05, 3.63) is 127 Å². The molecule has 0 unspecified atom stereocenters. The van der Waals surface area contributed by atoms with Crippen molar-refractivity contribution in [1.29, 1.82) is 0 Å². The standard InChI is InChI=1S/C28H33N5/c1-3-5-10-25(4-2)19-30-15-17-32(23-30)21-27-13-9-14-28(29-27)22-33-18-16-31(24-33)20-26-11-7-6-8-12-26/h3-18H,2,19-24H2,1H3/b5-3-,25-10+. The molecular weight excluding hydrogens is 406 g/mol. The average Bonchev–Trinajstić information content (AvgIpc) is 3.46. The van der Waals surface area contributed by atoms with Crippen LogP contribution in [-0.2, 0) is 19.6 Å². The molecule has 0 atom stereocenters. The molecule has 0 aliphatic carbocycles. The Bertz CT molecular complexity index is 1040. The van der Waals surface area contributed by atoms with Crippen molar-refractivity contribution in [2.45, 2.75) is 26.6 Å². The number of pyridine rings is 1. The first-order valence-electron chi connectivity index (χ1n) is 11.5. The van der Waals surface area contributed by atoms with E-state index < -0.39 is 0 Å². The van der Waals surface area contributed by atoms with E-state index in [-0.39, 0.29) is 0 Å². The summed E-state index contributed by atoms with van der Waals surface area (Å²) in [5, 5.41) is 0. The summed E-state index contributed by atoms with van der Waals surface area (Å²) in [5.74, 6) is 0. The molecule has 5 nitrogen and oxygen atoms in total. The molecule has 0 amide bonds. The minimum Gasteiger partial charge on any atom is -0.354 e. The van der Waals surface area contributed by atoms with E-state index in [1.807, 2.05) is 19.1 Å². The molecule has 0 spiro atoms. The minimum absolute atomic E-state index is 0.804.